The number of hydrogen-bond acceptors (Lipinski definition) is 3. The lowest BCUT2D eigenvalue weighted by molar-refractivity contribution is -0.275. The van der Waals surface area contributed by atoms with E-state index >= 15 is 0 Å². The van der Waals surface area contributed by atoms with Crippen molar-refractivity contribution in [2.75, 3.05) is 6.61 Å². The lowest BCUT2D eigenvalue weighted by Gasteiger charge is -2.13. The van der Waals surface area contributed by atoms with Crippen LogP contribution in [0.2, 0.25) is 0 Å². The molecule has 1 aromatic carbocycles. The molecule has 0 aliphatic rings. The minimum absolute atomic E-state index is 0.0979. The van der Waals surface area contributed by atoms with E-state index in [4.69, 9.17) is 4.74 Å². The largest absolute Gasteiger partial charge is 0.573 e. The average Bonchev–Trinajstić information content (AvgIpc) is 2.26. The van der Waals surface area contributed by atoms with Crippen LogP contribution < -0.4 is 9.47 Å². The molecule has 0 atom stereocenters. The van der Waals surface area contributed by atoms with Gasteiger partial charge in [-0.05, 0) is 18.6 Å². The van der Waals surface area contributed by atoms with E-state index in [0.29, 0.717) is 12.8 Å². The summed E-state index contributed by atoms with van der Waals surface area (Å²) in [7, 11) is 0. The van der Waals surface area contributed by atoms with Crippen molar-refractivity contribution in [1.29, 1.82) is 0 Å². The predicted molar refractivity (Wildman–Crippen MR) is 58.5 cm³/mol. The topological polar surface area (TPSA) is 35.5 Å². The van der Waals surface area contributed by atoms with Crippen molar-refractivity contribution in [3.63, 3.8) is 0 Å². The van der Waals surface area contributed by atoms with Crippen molar-refractivity contribution >= 4 is 5.78 Å². The van der Waals surface area contributed by atoms with Gasteiger partial charge >= 0.3 is 6.36 Å². The molecule has 0 aromatic heterocycles. The van der Waals surface area contributed by atoms with Gasteiger partial charge in [0, 0.05) is 6.42 Å². The van der Waals surface area contributed by atoms with Crippen molar-refractivity contribution in [3.8, 4) is 11.5 Å². The third-order valence-electron chi connectivity index (χ3n) is 1.99. The summed E-state index contributed by atoms with van der Waals surface area (Å²) in [6.07, 6.45) is -3.78. The van der Waals surface area contributed by atoms with Crippen LogP contribution in [-0.4, -0.2) is 18.8 Å². The smallest absolute Gasteiger partial charge is 0.482 e. The molecule has 1 rings (SSSR count). The Morgan fingerprint density at radius 1 is 1.22 bits per heavy atom. The van der Waals surface area contributed by atoms with Gasteiger partial charge in [-0.15, -0.1) is 13.2 Å². The number of hydrogen-bond donors (Lipinski definition) is 0. The Kier molecular flexibility index (Phi) is 5.00. The van der Waals surface area contributed by atoms with Gasteiger partial charge in [-0.1, -0.05) is 19.1 Å². The summed E-state index contributed by atoms with van der Waals surface area (Å²) >= 11 is 0. The predicted octanol–water partition coefficient (Wildman–Crippen LogP) is 3.33. The Bertz CT molecular complexity index is 402. The first-order chi connectivity index (χ1) is 8.42. The zero-order valence-corrected chi connectivity index (χ0v) is 9.79. The molecule has 0 aliphatic heterocycles. The fourth-order valence-electron chi connectivity index (χ4n) is 1.29. The molecule has 0 spiro atoms. The molecule has 0 heterocycles. The number of ether oxygens (including phenoxy) is 2. The van der Waals surface area contributed by atoms with E-state index in [2.05, 4.69) is 4.74 Å². The van der Waals surface area contributed by atoms with Crippen LogP contribution in [0.1, 0.15) is 19.8 Å². The molecule has 0 fully saturated rings. The summed E-state index contributed by atoms with van der Waals surface area (Å²) in [4.78, 5) is 11.2. The van der Waals surface area contributed by atoms with Crippen LogP contribution in [0.5, 0.6) is 11.5 Å². The molecule has 0 radical (unpaired) electrons. The second kappa shape index (κ2) is 6.28. The number of alkyl halides is 3. The molecule has 0 unspecified atom stereocenters. The van der Waals surface area contributed by atoms with Gasteiger partial charge in [0.25, 0.3) is 0 Å². The van der Waals surface area contributed by atoms with Crippen molar-refractivity contribution in [2.45, 2.75) is 26.1 Å². The Hall–Kier alpha value is -1.72. The fraction of sp³-hybridized carbons (Fsp3) is 0.417. The standard InChI is InChI=1S/C12H13F3O3/c1-2-5-9(16)8-17-10-6-3-4-7-11(10)18-12(13,14)15/h3-4,6-7H,2,5,8H2,1H3. The van der Waals surface area contributed by atoms with E-state index in [-0.39, 0.29) is 18.1 Å². The number of ketones is 1. The zero-order valence-electron chi connectivity index (χ0n) is 9.79. The molecule has 100 valence electrons. The Morgan fingerprint density at radius 2 is 1.83 bits per heavy atom. The Labute approximate surface area is 103 Å². The number of rotatable bonds is 6. The molecular weight excluding hydrogens is 249 g/mol. The van der Waals surface area contributed by atoms with Crippen LogP contribution in [-0.2, 0) is 4.79 Å². The summed E-state index contributed by atoms with van der Waals surface area (Å²) in [6, 6.07) is 5.35. The summed E-state index contributed by atoms with van der Waals surface area (Å²) in [5, 5.41) is 0. The number of carbonyl (C=O) groups is 1. The first kappa shape index (κ1) is 14.3. The van der Waals surface area contributed by atoms with Gasteiger partial charge in [-0.25, -0.2) is 0 Å². The van der Waals surface area contributed by atoms with Crippen molar-refractivity contribution in [2.24, 2.45) is 0 Å². The second-order valence-electron chi connectivity index (χ2n) is 3.57. The molecule has 0 saturated carbocycles. The number of halogens is 3. The van der Waals surface area contributed by atoms with Crippen LogP contribution in [0.3, 0.4) is 0 Å². The molecule has 18 heavy (non-hydrogen) atoms. The van der Waals surface area contributed by atoms with E-state index in [1.165, 1.54) is 18.2 Å². The quantitative estimate of drug-likeness (QED) is 0.788. The number of benzene rings is 1. The molecule has 1 aromatic rings. The second-order valence-corrected chi connectivity index (χ2v) is 3.57. The average molecular weight is 262 g/mol. The first-order valence-corrected chi connectivity index (χ1v) is 5.41. The highest BCUT2D eigenvalue weighted by molar-refractivity contribution is 5.79. The lowest BCUT2D eigenvalue weighted by atomic mass is 10.2. The molecular formula is C12H13F3O3. The molecule has 0 amide bonds. The summed E-state index contributed by atoms with van der Waals surface area (Å²) in [5.41, 5.74) is 0. The summed E-state index contributed by atoms with van der Waals surface area (Å²) in [5.74, 6) is -0.715. The van der Waals surface area contributed by atoms with E-state index in [1.807, 2.05) is 6.92 Å². The van der Waals surface area contributed by atoms with Crippen LogP contribution in [0.25, 0.3) is 0 Å². The van der Waals surface area contributed by atoms with Crippen molar-refractivity contribution in [3.05, 3.63) is 24.3 Å². The van der Waals surface area contributed by atoms with Gasteiger partial charge in [0.15, 0.2) is 17.3 Å². The third-order valence-corrected chi connectivity index (χ3v) is 1.99. The number of para-hydroxylation sites is 2. The maximum Gasteiger partial charge on any atom is 0.573 e. The van der Waals surface area contributed by atoms with E-state index in [1.54, 1.807) is 0 Å². The van der Waals surface area contributed by atoms with E-state index in [0.717, 1.165) is 6.07 Å². The molecule has 3 nitrogen and oxygen atoms in total. The van der Waals surface area contributed by atoms with E-state index < -0.39 is 12.1 Å². The molecule has 6 heteroatoms. The normalized spacial score (nSPS) is 11.1. The highest BCUT2D eigenvalue weighted by Gasteiger charge is 2.32. The SMILES string of the molecule is CCCC(=O)COc1ccccc1OC(F)(F)F. The van der Waals surface area contributed by atoms with E-state index in [9.17, 15) is 18.0 Å². The van der Waals surface area contributed by atoms with Gasteiger partial charge < -0.3 is 9.47 Å². The van der Waals surface area contributed by atoms with Crippen LogP contribution in [0, 0.1) is 0 Å². The third kappa shape index (κ3) is 5.07. The molecule has 0 aliphatic carbocycles. The first-order valence-electron chi connectivity index (χ1n) is 5.41. The Balaban J connectivity index is 2.67. The maximum absolute atomic E-state index is 12.1. The minimum Gasteiger partial charge on any atom is -0.482 e. The number of Topliss-reactive ketones (excluding diaryl/α,β-unsaturated/α-hetero) is 1. The molecule has 0 N–H and O–H groups in total. The minimum atomic E-state index is -4.78. The summed E-state index contributed by atoms with van der Waals surface area (Å²) in [6.45, 7) is 1.57. The van der Waals surface area contributed by atoms with Gasteiger partial charge in [0.1, 0.15) is 6.61 Å². The van der Waals surface area contributed by atoms with Crippen LogP contribution in [0.15, 0.2) is 24.3 Å². The number of carbonyl (C=O) groups excluding carboxylic acids is 1. The van der Waals surface area contributed by atoms with Crippen LogP contribution >= 0.6 is 0 Å². The van der Waals surface area contributed by atoms with Crippen molar-refractivity contribution < 1.29 is 27.4 Å². The lowest BCUT2D eigenvalue weighted by Crippen LogP contribution is -2.18. The maximum atomic E-state index is 12.1. The highest BCUT2D eigenvalue weighted by atomic mass is 19.4. The van der Waals surface area contributed by atoms with Crippen molar-refractivity contribution in [1.82, 2.24) is 0 Å². The van der Waals surface area contributed by atoms with Gasteiger partial charge in [0.05, 0.1) is 0 Å². The monoisotopic (exact) mass is 262 g/mol. The highest BCUT2D eigenvalue weighted by Crippen LogP contribution is 2.31. The molecule has 0 saturated heterocycles. The van der Waals surface area contributed by atoms with Gasteiger partial charge in [-0.3, -0.25) is 4.79 Å². The Morgan fingerprint density at radius 3 is 2.39 bits per heavy atom. The zero-order chi connectivity index (χ0) is 13.6. The van der Waals surface area contributed by atoms with Crippen LogP contribution in [0.4, 0.5) is 13.2 Å². The van der Waals surface area contributed by atoms with Gasteiger partial charge in [0.2, 0.25) is 0 Å². The fourth-order valence-corrected chi connectivity index (χ4v) is 1.29. The molecule has 0 bridgehead atoms. The summed E-state index contributed by atoms with van der Waals surface area (Å²) < 4.78 is 45.1. The van der Waals surface area contributed by atoms with Gasteiger partial charge in [-0.2, -0.15) is 0 Å².